The van der Waals surface area contributed by atoms with Crippen LogP contribution < -0.4 is 15.1 Å². The molecular formula is C27H41N4OPS. The number of anilines is 1. The molecule has 7 heteroatoms. The van der Waals surface area contributed by atoms with Crippen molar-refractivity contribution in [3.63, 3.8) is 0 Å². The maximum Gasteiger partial charge on any atom is 0.258 e. The van der Waals surface area contributed by atoms with Crippen molar-refractivity contribution in [1.82, 2.24) is 9.99 Å². The molecule has 1 aliphatic carbocycles. The van der Waals surface area contributed by atoms with Gasteiger partial charge in [-0.2, -0.15) is 0 Å². The third kappa shape index (κ3) is 5.65. The van der Waals surface area contributed by atoms with E-state index in [0.717, 1.165) is 48.6 Å². The Bertz CT molecular complexity index is 962. The van der Waals surface area contributed by atoms with Crippen molar-refractivity contribution >= 4 is 49.1 Å². The first-order chi connectivity index (χ1) is 16.3. The van der Waals surface area contributed by atoms with E-state index >= 15 is 0 Å². The van der Waals surface area contributed by atoms with E-state index in [1.807, 2.05) is 6.26 Å². The molecule has 5 nitrogen and oxygen atoms in total. The Kier molecular flexibility index (Phi) is 8.30. The van der Waals surface area contributed by atoms with Gasteiger partial charge in [0.1, 0.15) is 5.84 Å². The van der Waals surface area contributed by atoms with Crippen molar-refractivity contribution in [1.29, 1.82) is 0 Å². The maximum atomic E-state index is 14.0. The summed E-state index contributed by atoms with van der Waals surface area (Å²) in [6, 6.07) is 6.56. The van der Waals surface area contributed by atoms with Crippen LogP contribution >= 0.6 is 20.7 Å². The van der Waals surface area contributed by atoms with E-state index in [9.17, 15) is 4.79 Å². The number of rotatable bonds is 8. The third-order valence-electron chi connectivity index (χ3n) is 7.21. The summed E-state index contributed by atoms with van der Waals surface area (Å²) in [5, 5.41) is 4.75. The van der Waals surface area contributed by atoms with Crippen molar-refractivity contribution < 1.29 is 4.79 Å². The average molecular weight is 501 g/mol. The van der Waals surface area contributed by atoms with Gasteiger partial charge in [0.15, 0.2) is 0 Å². The molecule has 2 atom stereocenters. The van der Waals surface area contributed by atoms with Crippen molar-refractivity contribution in [2.45, 2.75) is 85.1 Å². The zero-order chi connectivity index (χ0) is 24.3. The summed E-state index contributed by atoms with van der Waals surface area (Å²) in [7, 11) is 0.409. The number of hydrogen-bond donors (Lipinski definition) is 2. The largest absolute Gasteiger partial charge is 0.347 e. The Hall–Kier alpha value is -1.52. The molecule has 2 unspecified atom stereocenters. The van der Waals surface area contributed by atoms with Gasteiger partial charge < -0.3 is 14.7 Å². The average Bonchev–Trinajstić information content (AvgIpc) is 3.09. The first kappa shape index (κ1) is 25.6. The molecule has 1 fully saturated rings. The van der Waals surface area contributed by atoms with Gasteiger partial charge in [0.05, 0.1) is 17.3 Å². The summed E-state index contributed by atoms with van der Waals surface area (Å²) in [5.41, 5.74) is 4.49. The predicted octanol–water partition coefficient (Wildman–Crippen LogP) is 6.55. The van der Waals surface area contributed by atoms with Gasteiger partial charge in [-0.3, -0.25) is 4.79 Å². The molecule has 0 radical (unpaired) electrons. The fraction of sp³-hybridized carbons (Fsp3) is 0.630. The number of aliphatic imine (C=N–C) groups is 1. The lowest BCUT2D eigenvalue weighted by Gasteiger charge is -2.37. The van der Waals surface area contributed by atoms with Crippen LogP contribution in [0.4, 0.5) is 11.4 Å². The summed E-state index contributed by atoms with van der Waals surface area (Å²) < 4.78 is 3.30. The van der Waals surface area contributed by atoms with E-state index in [-0.39, 0.29) is 17.4 Å². The van der Waals surface area contributed by atoms with Crippen LogP contribution in [0.3, 0.4) is 0 Å². The first-order valence-corrected chi connectivity index (χ1v) is 15.1. The molecule has 1 saturated carbocycles. The van der Waals surface area contributed by atoms with E-state index in [0.29, 0.717) is 14.6 Å². The first-order valence-electron chi connectivity index (χ1n) is 12.9. The minimum absolute atomic E-state index is 0.198. The Morgan fingerprint density at radius 1 is 1.24 bits per heavy atom. The molecule has 0 spiro atoms. The highest BCUT2D eigenvalue weighted by atomic mass is 32.2. The lowest BCUT2D eigenvalue weighted by molar-refractivity contribution is -0.127. The summed E-state index contributed by atoms with van der Waals surface area (Å²) in [6.45, 7) is 9.88. The van der Waals surface area contributed by atoms with Crippen LogP contribution in [0.15, 0.2) is 34.3 Å². The smallest absolute Gasteiger partial charge is 0.258 e. The van der Waals surface area contributed by atoms with Crippen LogP contribution in [0.5, 0.6) is 0 Å². The highest BCUT2D eigenvalue weighted by Crippen LogP contribution is 2.42. The molecule has 34 heavy (non-hydrogen) atoms. The fourth-order valence-corrected chi connectivity index (χ4v) is 6.82. The topological polar surface area (TPSA) is 56.7 Å². The van der Waals surface area contributed by atoms with E-state index in [1.165, 1.54) is 43.0 Å². The number of hydrogen-bond acceptors (Lipinski definition) is 5. The van der Waals surface area contributed by atoms with E-state index in [4.69, 9.17) is 4.99 Å². The number of carbonyl (C=O) groups is 1. The van der Waals surface area contributed by atoms with Gasteiger partial charge in [-0.05, 0) is 60.8 Å². The number of amidine groups is 1. The molecule has 0 bridgehead atoms. The second-order valence-corrected chi connectivity index (χ2v) is 12.7. The highest BCUT2D eigenvalue weighted by molar-refractivity contribution is 7.99. The van der Waals surface area contributed by atoms with Crippen LogP contribution in [-0.4, -0.2) is 35.5 Å². The number of carbonyl (C=O) groups excluding carboxylic acids is 1. The summed E-state index contributed by atoms with van der Waals surface area (Å²) in [6.07, 6.45) is 11.5. The Morgan fingerprint density at radius 2 is 2.00 bits per heavy atom. The number of nitrogens with one attached hydrogen (secondary N) is 2. The van der Waals surface area contributed by atoms with E-state index < -0.39 is 0 Å². The third-order valence-corrected chi connectivity index (χ3v) is 8.68. The quantitative estimate of drug-likeness (QED) is 0.314. The fourth-order valence-electron chi connectivity index (χ4n) is 5.53. The molecule has 0 aromatic heterocycles. The number of nitrogens with zero attached hydrogens (tertiary/aromatic N) is 2. The molecular weight excluding hydrogens is 459 g/mol. The van der Waals surface area contributed by atoms with Gasteiger partial charge in [-0.25, -0.2) is 4.99 Å². The Balaban J connectivity index is 1.72. The van der Waals surface area contributed by atoms with Crippen LogP contribution in [0, 0.1) is 11.3 Å². The molecule has 2 heterocycles. The second-order valence-electron chi connectivity index (χ2n) is 11.1. The molecule has 4 rings (SSSR count). The van der Waals surface area contributed by atoms with Crippen LogP contribution in [0.2, 0.25) is 0 Å². The zero-order valence-electron chi connectivity index (χ0n) is 21.5. The Labute approximate surface area is 212 Å². The van der Waals surface area contributed by atoms with E-state index in [1.54, 1.807) is 11.9 Å². The summed E-state index contributed by atoms with van der Waals surface area (Å²) >= 11 is 1.59. The molecule has 1 amide bonds. The SMILES string of the molecule is CCCC1=C(C2=Nc3ccc(NSC)cc3PN2)C(=O)N(CCC(C)(C)C)C1C1CCCCC1. The van der Waals surface area contributed by atoms with Crippen LogP contribution in [-0.2, 0) is 4.79 Å². The van der Waals surface area contributed by atoms with Gasteiger partial charge in [0, 0.05) is 32.5 Å². The second kappa shape index (κ2) is 11.0. The molecule has 1 aromatic rings. The van der Waals surface area contributed by atoms with Gasteiger partial charge in [-0.15, -0.1) is 0 Å². The number of amides is 1. The van der Waals surface area contributed by atoms with Crippen molar-refractivity contribution in [2.75, 3.05) is 17.5 Å². The maximum absolute atomic E-state index is 14.0. The number of fused-ring (bicyclic) bond motifs is 1. The summed E-state index contributed by atoms with van der Waals surface area (Å²) in [4.78, 5) is 21.3. The van der Waals surface area contributed by atoms with Crippen LogP contribution in [0.1, 0.15) is 79.1 Å². The van der Waals surface area contributed by atoms with Crippen molar-refractivity contribution in [3.05, 3.63) is 29.3 Å². The van der Waals surface area contributed by atoms with Crippen molar-refractivity contribution in [3.8, 4) is 0 Å². The molecule has 186 valence electrons. The van der Waals surface area contributed by atoms with Crippen LogP contribution in [0.25, 0.3) is 0 Å². The zero-order valence-corrected chi connectivity index (χ0v) is 23.3. The van der Waals surface area contributed by atoms with Gasteiger partial charge in [0.2, 0.25) is 0 Å². The van der Waals surface area contributed by atoms with Gasteiger partial charge in [-0.1, -0.05) is 65.3 Å². The highest BCUT2D eigenvalue weighted by Gasteiger charge is 2.44. The molecule has 2 N–H and O–H groups in total. The normalized spacial score (nSPS) is 22.1. The number of benzene rings is 1. The van der Waals surface area contributed by atoms with E-state index in [2.05, 4.69) is 60.6 Å². The predicted molar refractivity (Wildman–Crippen MR) is 150 cm³/mol. The minimum Gasteiger partial charge on any atom is -0.347 e. The van der Waals surface area contributed by atoms with Gasteiger partial charge >= 0.3 is 0 Å². The molecule has 3 aliphatic rings. The van der Waals surface area contributed by atoms with Gasteiger partial charge in [0.25, 0.3) is 5.91 Å². The standard InChI is InChI=1S/C27H41N4OPS/c1-6-10-20-23(25-28-21-14-13-19(30-34-5)17-22(21)33-29-25)26(32)31(16-15-27(2,3)4)24(20)18-11-8-7-9-12-18/h13-14,17-18,24,30,33H,6-12,15-16H2,1-5H3,(H,28,29). The monoisotopic (exact) mass is 500 g/mol. The molecule has 2 aliphatic heterocycles. The summed E-state index contributed by atoms with van der Waals surface area (Å²) in [5.74, 6) is 1.57. The Morgan fingerprint density at radius 3 is 2.68 bits per heavy atom. The van der Waals surface area contributed by atoms with Crippen molar-refractivity contribution in [2.24, 2.45) is 16.3 Å². The molecule has 0 saturated heterocycles. The minimum atomic E-state index is 0.198. The molecule has 1 aromatic carbocycles. The lowest BCUT2D eigenvalue weighted by atomic mass is 9.79. The lowest BCUT2D eigenvalue weighted by Crippen LogP contribution is -2.43.